The number of aliphatic carboxylic acids is 1. The van der Waals surface area contributed by atoms with Gasteiger partial charge in [0.05, 0.1) is 19.1 Å². The summed E-state index contributed by atoms with van der Waals surface area (Å²) in [5, 5.41) is 18.2. The molecule has 1 amide bonds. The number of amides is 1. The third kappa shape index (κ3) is 4.22. The van der Waals surface area contributed by atoms with Crippen LogP contribution in [0.25, 0.3) is 0 Å². The molecule has 98 valence electrons. The van der Waals surface area contributed by atoms with E-state index < -0.39 is 29.8 Å². The number of likely N-dealkylation sites (tertiary alicyclic amines) is 1. The highest BCUT2D eigenvalue weighted by Gasteiger charge is 2.37. The molecule has 0 radical (unpaired) electrons. The average molecular weight is 245 g/mol. The highest BCUT2D eigenvalue weighted by molar-refractivity contribution is 5.72. The Morgan fingerprint density at radius 2 is 2.00 bits per heavy atom. The fraction of sp³-hybridized carbons (Fsp3) is 0.818. The lowest BCUT2D eigenvalue weighted by Gasteiger charge is -2.27. The van der Waals surface area contributed by atoms with Crippen LogP contribution in [0, 0.1) is 0 Å². The van der Waals surface area contributed by atoms with Crippen molar-refractivity contribution < 1.29 is 24.5 Å². The molecule has 1 aliphatic heterocycles. The van der Waals surface area contributed by atoms with Crippen LogP contribution in [0.5, 0.6) is 0 Å². The Kier molecular flexibility index (Phi) is 3.98. The minimum absolute atomic E-state index is 0.132. The number of carbonyl (C=O) groups excluding carboxylic acids is 1. The minimum atomic E-state index is -0.988. The van der Waals surface area contributed by atoms with E-state index >= 15 is 0 Å². The number of carboxylic acids is 1. The molecule has 0 bridgehead atoms. The molecule has 2 atom stereocenters. The van der Waals surface area contributed by atoms with Crippen LogP contribution in [0.2, 0.25) is 0 Å². The first-order valence-electron chi connectivity index (χ1n) is 5.58. The Bertz CT molecular complexity index is 309. The molecule has 6 heteroatoms. The molecular formula is C11H19NO5. The summed E-state index contributed by atoms with van der Waals surface area (Å²) in [5.74, 6) is -0.988. The highest BCUT2D eigenvalue weighted by Crippen LogP contribution is 2.23. The number of hydrogen-bond acceptors (Lipinski definition) is 4. The lowest BCUT2D eigenvalue weighted by Crippen LogP contribution is -2.41. The summed E-state index contributed by atoms with van der Waals surface area (Å²) >= 11 is 0. The van der Waals surface area contributed by atoms with Crippen LogP contribution in [-0.4, -0.2) is 51.5 Å². The zero-order valence-electron chi connectivity index (χ0n) is 10.3. The van der Waals surface area contributed by atoms with Gasteiger partial charge in [-0.2, -0.15) is 0 Å². The highest BCUT2D eigenvalue weighted by atomic mass is 16.6. The molecule has 1 rings (SSSR count). The number of carboxylic acid groups (broad SMARTS) is 1. The van der Waals surface area contributed by atoms with Crippen molar-refractivity contribution in [1.29, 1.82) is 0 Å². The molecule has 0 unspecified atom stereocenters. The molecule has 0 saturated carbocycles. The molecule has 0 aromatic heterocycles. The van der Waals surface area contributed by atoms with E-state index in [0.717, 1.165) is 0 Å². The second-order valence-corrected chi connectivity index (χ2v) is 5.27. The van der Waals surface area contributed by atoms with Crippen molar-refractivity contribution in [2.75, 3.05) is 6.54 Å². The second kappa shape index (κ2) is 4.91. The molecule has 0 aliphatic carbocycles. The molecule has 17 heavy (non-hydrogen) atoms. The fourth-order valence-electron chi connectivity index (χ4n) is 1.83. The van der Waals surface area contributed by atoms with Gasteiger partial charge in [-0.05, 0) is 27.2 Å². The summed E-state index contributed by atoms with van der Waals surface area (Å²) in [4.78, 5) is 23.7. The van der Waals surface area contributed by atoms with Gasteiger partial charge < -0.3 is 19.8 Å². The molecule has 0 spiro atoms. The molecule has 6 nitrogen and oxygen atoms in total. The number of carbonyl (C=O) groups is 2. The van der Waals surface area contributed by atoms with Gasteiger partial charge in [0.25, 0.3) is 0 Å². The van der Waals surface area contributed by atoms with Crippen molar-refractivity contribution in [3.63, 3.8) is 0 Å². The van der Waals surface area contributed by atoms with Gasteiger partial charge in [0, 0.05) is 6.04 Å². The molecule has 1 heterocycles. The summed E-state index contributed by atoms with van der Waals surface area (Å²) in [6, 6.07) is -0.489. The van der Waals surface area contributed by atoms with E-state index in [2.05, 4.69) is 0 Å². The van der Waals surface area contributed by atoms with E-state index in [9.17, 15) is 14.7 Å². The summed E-state index contributed by atoms with van der Waals surface area (Å²) in [5.41, 5.74) is -0.627. The minimum Gasteiger partial charge on any atom is -0.481 e. The molecular weight excluding hydrogens is 226 g/mol. The van der Waals surface area contributed by atoms with E-state index in [4.69, 9.17) is 9.84 Å². The number of nitrogens with zero attached hydrogens (tertiary/aromatic N) is 1. The Balaban J connectivity index is 2.66. The molecule has 2 N–H and O–H groups in total. The van der Waals surface area contributed by atoms with E-state index in [1.165, 1.54) is 4.90 Å². The Hall–Kier alpha value is -1.30. The van der Waals surface area contributed by atoms with Crippen LogP contribution < -0.4 is 0 Å². The largest absolute Gasteiger partial charge is 0.481 e. The van der Waals surface area contributed by atoms with Crippen LogP contribution in [-0.2, 0) is 9.53 Å². The third-order valence-electron chi connectivity index (χ3n) is 2.43. The van der Waals surface area contributed by atoms with E-state index in [-0.39, 0.29) is 19.4 Å². The van der Waals surface area contributed by atoms with E-state index in [1.54, 1.807) is 20.8 Å². The Labute approximate surface area is 100 Å². The van der Waals surface area contributed by atoms with Crippen LogP contribution >= 0.6 is 0 Å². The third-order valence-corrected chi connectivity index (χ3v) is 2.43. The topological polar surface area (TPSA) is 87.1 Å². The smallest absolute Gasteiger partial charge is 0.410 e. The maximum atomic E-state index is 11.8. The maximum absolute atomic E-state index is 11.8. The molecule has 0 aromatic carbocycles. The number of aliphatic hydroxyl groups is 1. The van der Waals surface area contributed by atoms with Crippen molar-refractivity contribution in [3.8, 4) is 0 Å². The van der Waals surface area contributed by atoms with Gasteiger partial charge >= 0.3 is 12.1 Å². The SMILES string of the molecule is CC(C)(C)OC(=O)N1C[C@@H](O)C[C@@H]1CC(=O)O. The zero-order valence-corrected chi connectivity index (χ0v) is 10.3. The fourth-order valence-corrected chi connectivity index (χ4v) is 1.83. The monoisotopic (exact) mass is 245 g/mol. The average Bonchev–Trinajstić information content (AvgIpc) is 2.42. The molecule has 0 aromatic rings. The zero-order chi connectivity index (χ0) is 13.2. The van der Waals surface area contributed by atoms with Gasteiger partial charge in [0.15, 0.2) is 0 Å². The first-order chi connectivity index (χ1) is 7.69. The van der Waals surface area contributed by atoms with Crippen LogP contribution in [0.4, 0.5) is 4.79 Å². The summed E-state index contributed by atoms with van der Waals surface area (Å²) in [7, 11) is 0. The van der Waals surface area contributed by atoms with Gasteiger partial charge in [-0.15, -0.1) is 0 Å². The summed E-state index contributed by atoms with van der Waals surface area (Å²) < 4.78 is 5.16. The van der Waals surface area contributed by atoms with Crippen LogP contribution in [0.3, 0.4) is 0 Å². The first kappa shape index (κ1) is 13.8. The van der Waals surface area contributed by atoms with E-state index in [0.29, 0.717) is 0 Å². The molecule has 1 aliphatic rings. The van der Waals surface area contributed by atoms with Gasteiger partial charge in [-0.3, -0.25) is 4.79 Å². The summed E-state index contributed by atoms with van der Waals surface area (Å²) in [6.45, 7) is 5.35. The predicted octanol–water partition coefficient (Wildman–Crippen LogP) is 0.831. The Morgan fingerprint density at radius 1 is 1.41 bits per heavy atom. The number of β-amino-alcohol motifs (C(OH)–C–C–N with tert-alkyl or cyclic N) is 1. The van der Waals surface area contributed by atoms with Gasteiger partial charge in [0.1, 0.15) is 5.60 Å². The number of hydrogen-bond donors (Lipinski definition) is 2. The summed E-state index contributed by atoms with van der Waals surface area (Å²) in [6.07, 6.45) is -1.13. The lowest BCUT2D eigenvalue weighted by molar-refractivity contribution is -0.138. The molecule has 1 saturated heterocycles. The van der Waals surface area contributed by atoms with E-state index in [1.807, 2.05) is 0 Å². The van der Waals surface area contributed by atoms with Crippen molar-refractivity contribution in [2.24, 2.45) is 0 Å². The van der Waals surface area contributed by atoms with Gasteiger partial charge in [-0.1, -0.05) is 0 Å². The predicted molar refractivity (Wildman–Crippen MR) is 59.6 cm³/mol. The first-order valence-corrected chi connectivity index (χ1v) is 5.58. The number of aliphatic hydroxyl groups excluding tert-OH is 1. The Morgan fingerprint density at radius 3 is 2.47 bits per heavy atom. The van der Waals surface area contributed by atoms with Crippen molar-refractivity contribution >= 4 is 12.1 Å². The standard InChI is InChI=1S/C11H19NO5/c1-11(2,3)17-10(16)12-6-8(13)4-7(12)5-9(14)15/h7-8,13H,4-6H2,1-3H3,(H,14,15)/t7-,8+/m1/s1. The lowest BCUT2D eigenvalue weighted by atomic mass is 10.1. The quantitative estimate of drug-likeness (QED) is 0.752. The van der Waals surface area contributed by atoms with Gasteiger partial charge in [-0.25, -0.2) is 4.79 Å². The second-order valence-electron chi connectivity index (χ2n) is 5.27. The number of ether oxygens (including phenoxy) is 1. The normalized spacial score (nSPS) is 24.8. The van der Waals surface area contributed by atoms with Crippen molar-refractivity contribution in [2.45, 2.75) is 51.4 Å². The maximum Gasteiger partial charge on any atom is 0.410 e. The van der Waals surface area contributed by atoms with Crippen LogP contribution in [0.15, 0.2) is 0 Å². The van der Waals surface area contributed by atoms with Crippen LogP contribution in [0.1, 0.15) is 33.6 Å². The van der Waals surface area contributed by atoms with Crippen molar-refractivity contribution in [3.05, 3.63) is 0 Å². The van der Waals surface area contributed by atoms with Crippen molar-refractivity contribution in [1.82, 2.24) is 4.90 Å². The molecule has 1 fully saturated rings. The number of rotatable bonds is 2. The van der Waals surface area contributed by atoms with Gasteiger partial charge in [0.2, 0.25) is 0 Å².